The molecule has 0 saturated heterocycles. The smallest absolute Gasteiger partial charge is 0.789 e. The first-order valence-electron chi connectivity index (χ1n) is 2.19. The van der Waals surface area contributed by atoms with Crippen LogP contribution in [0.1, 0.15) is 0 Å². The molecular weight excluding hydrogens is 334 g/mol. The number of hydrogen-bond donors (Lipinski definition) is 4. The standard InChI is InChI=1S/Cu.H4O7P2.H2O4S/c;1-8(2,3)7-9(4,5)6;1-5(2,3)4/h;(H2,1,2,3)(H2,4,5,6);(H2,1,2,3,4)/q+2;;/p-2. The van der Waals surface area contributed by atoms with Crippen LogP contribution in [0.4, 0.5) is 0 Å². The van der Waals surface area contributed by atoms with Gasteiger partial charge in [-0.15, -0.1) is 0 Å². The summed E-state index contributed by atoms with van der Waals surface area (Å²) >= 11 is 0. The van der Waals surface area contributed by atoms with Gasteiger partial charge in [0.2, 0.25) is 0 Å². The Morgan fingerprint density at radius 3 is 1.27 bits per heavy atom. The Bertz CT molecular complexity index is 313. The van der Waals surface area contributed by atoms with Crippen LogP contribution in [-0.4, -0.2) is 27.3 Å². The van der Waals surface area contributed by atoms with Crippen molar-refractivity contribution in [1.82, 2.24) is 0 Å². The fourth-order valence-corrected chi connectivity index (χ4v) is 1.17. The van der Waals surface area contributed by atoms with Crippen molar-refractivity contribution in [3.05, 3.63) is 0 Å². The second kappa shape index (κ2) is 7.07. The van der Waals surface area contributed by atoms with Gasteiger partial charge >= 0.3 is 35.3 Å². The van der Waals surface area contributed by atoms with E-state index in [4.69, 9.17) is 27.3 Å². The molecule has 0 amide bonds. The summed E-state index contributed by atoms with van der Waals surface area (Å²) in [7, 11) is -15.4. The fourth-order valence-electron chi connectivity index (χ4n) is 0.130. The second-order valence-corrected chi connectivity index (χ2v) is 4.89. The van der Waals surface area contributed by atoms with Gasteiger partial charge in [0.1, 0.15) is 0 Å². The summed E-state index contributed by atoms with van der Waals surface area (Å²) in [5, 5.41) is 0. The van der Waals surface area contributed by atoms with Gasteiger partial charge in [-0.25, -0.2) is 4.57 Å². The maximum Gasteiger partial charge on any atom is 2.00 e. The number of phosphoric acid groups is 2. The zero-order valence-corrected chi connectivity index (χ0v) is 9.80. The first kappa shape index (κ1) is 21.0. The first-order valence-corrected chi connectivity index (χ1v) is 6.58. The molecule has 0 bridgehead atoms. The Hall–Kier alpha value is 0.649. The minimum atomic E-state index is -5.55. The maximum absolute atomic E-state index is 9.55. The third kappa shape index (κ3) is 53.0. The number of hydrogen-bond acceptors (Lipinski definition) is 7. The van der Waals surface area contributed by atoms with E-state index in [9.17, 15) is 18.9 Å². The van der Waals surface area contributed by atoms with Crippen molar-refractivity contribution < 1.29 is 67.6 Å². The molecule has 0 fully saturated rings. The molecule has 15 heteroatoms. The van der Waals surface area contributed by atoms with Crippen molar-refractivity contribution in [3.63, 3.8) is 0 Å². The average Bonchev–Trinajstić information content (AvgIpc) is 1.42. The van der Waals surface area contributed by atoms with Crippen LogP contribution in [0.25, 0.3) is 0 Å². The summed E-state index contributed by atoms with van der Waals surface area (Å²) in [4.78, 5) is 34.1. The Morgan fingerprint density at radius 2 is 1.27 bits per heavy atom. The molecule has 0 aliphatic carbocycles. The van der Waals surface area contributed by atoms with Crippen LogP contribution < -0.4 is 9.79 Å². The third-order valence-corrected chi connectivity index (χ3v) is 1.86. The average molecular weight is 338 g/mol. The molecule has 0 aliphatic heterocycles. The molecule has 0 atom stereocenters. The van der Waals surface area contributed by atoms with Crippen LogP contribution in [0.15, 0.2) is 0 Å². The van der Waals surface area contributed by atoms with Gasteiger partial charge in [0, 0.05) is 0 Å². The van der Waals surface area contributed by atoms with Gasteiger partial charge in [-0.1, -0.05) is 0 Å². The molecule has 97 valence electrons. The van der Waals surface area contributed by atoms with Crippen molar-refractivity contribution >= 4 is 26.0 Å². The molecule has 0 saturated carbocycles. The predicted molar refractivity (Wildman–Crippen MR) is 34.9 cm³/mol. The molecule has 0 unspecified atom stereocenters. The maximum atomic E-state index is 9.55. The molecule has 0 aromatic rings. The van der Waals surface area contributed by atoms with Crippen molar-refractivity contribution in [2.24, 2.45) is 0 Å². The minimum Gasteiger partial charge on any atom is -0.789 e. The molecule has 1 radical (unpaired) electrons. The topological polar surface area (TPSA) is 205 Å². The van der Waals surface area contributed by atoms with Gasteiger partial charge in [0.15, 0.2) is 0 Å². The van der Waals surface area contributed by atoms with Crippen molar-refractivity contribution in [1.29, 1.82) is 0 Å². The molecule has 4 N–H and O–H groups in total. The quantitative estimate of drug-likeness (QED) is 0.231. The predicted octanol–water partition coefficient (Wildman–Crippen LogP) is -2.73. The van der Waals surface area contributed by atoms with Gasteiger partial charge in [-0.2, -0.15) is 8.42 Å². The Kier molecular flexibility index (Phi) is 9.89. The molecule has 0 aliphatic rings. The molecule has 0 aromatic carbocycles. The Labute approximate surface area is 94.0 Å². The first-order chi connectivity index (χ1) is 5.71. The summed E-state index contributed by atoms with van der Waals surface area (Å²) in [6, 6.07) is 0. The summed E-state index contributed by atoms with van der Waals surface area (Å²) in [5.74, 6) is 0. The van der Waals surface area contributed by atoms with Crippen LogP contribution >= 0.6 is 15.6 Å². The fraction of sp³-hybridized carbons (Fsp3) is 0. The Morgan fingerprint density at radius 1 is 1.07 bits per heavy atom. The van der Waals surface area contributed by atoms with Crippen molar-refractivity contribution in [2.45, 2.75) is 0 Å². The van der Waals surface area contributed by atoms with E-state index in [-0.39, 0.29) is 17.1 Å². The van der Waals surface area contributed by atoms with E-state index in [0.717, 1.165) is 0 Å². The molecule has 0 rings (SSSR count). The molecule has 15 heavy (non-hydrogen) atoms. The molecule has 0 heterocycles. The normalized spacial score (nSPS) is 12.1. The molecule has 0 aromatic heterocycles. The monoisotopic (exact) mass is 337 g/mol. The molecule has 0 spiro atoms. The van der Waals surface area contributed by atoms with E-state index in [2.05, 4.69) is 4.31 Å². The SMILES string of the molecule is O=P([O-])([O-])OP(=O)(O)O.O=S(=O)(O)O.[Cu+2]. The van der Waals surface area contributed by atoms with Gasteiger partial charge < -0.3 is 24.1 Å². The van der Waals surface area contributed by atoms with Gasteiger partial charge in [0.05, 0.1) is 7.82 Å². The van der Waals surface area contributed by atoms with Crippen molar-refractivity contribution in [2.75, 3.05) is 0 Å². The minimum absolute atomic E-state index is 0. The van der Waals surface area contributed by atoms with E-state index in [0.29, 0.717) is 0 Å². The zero-order chi connectivity index (χ0) is 12.2. The largest absolute Gasteiger partial charge is 2.00 e. The second-order valence-electron chi connectivity index (χ2n) is 1.47. The van der Waals surface area contributed by atoms with E-state index >= 15 is 0 Å². The van der Waals surface area contributed by atoms with Crippen LogP contribution in [0.3, 0.4) is 0 Å². The van der Waals surface area contributed by atoms with E-state index in [1.807, 2.05) is 0 Å². The van der Waals surface area contributed by atoms with E-state index in [1.54, 1.807) is 0 Å². The summed E-state index contributed by atoms with van der Waals surface area (Å²) in [6.45, 7) is 0. The number of rotatable bonds is 2. The zero-order valence-electron chi connectivity index (χ0n) is 6.25. The van der Waals surface area contributed by atoms with Crippen LogP contribution in [0.5, 0.6) is 0 Å². The van der Waals surface area contributed by atoms with E-state index < -0.39 is 26.0 Å². The van der Waals surface area contributed by atoms with Crippen LogP contribution in [0, 0.1) is 0 Å². The van der Waals surface area contributed by atoms with Crippen molar-refractivity contribution in [3.8, 4) is 0 Å². The van der Waals surface area contributed by atoms with E-state index in [1.165, 1.54) is 0 Å². The van der Waals surface area contributed by atoms with Gasteiger partial charge in [-0.3, -0.25) is 13.4 Å². The summed E-state index contributed by atoms with van der Waals surface area (Å²) in [6.07, 6.45) is 0. The molecule has 11 nitrogen and oxygen atoms in total. The van der Waals surface area contributed by atoms with Gasteiger partial charge in [-0.05, 0) is 0 Å². The van der Waals surface area contributed by atoms with Crippen LogP contribution in [-0.2, 0) is 40.9 Å². The third-order valence-electron chi connectivity index (χ3n) is 0.206. The summed E-state index contributed by atoms with van der Waals surface area (Å²) in [5.41, 5.74) is 0. The van der Waals surface area contributed by atoms with Crippen LogP contribution in [0.2, 0.25) is 0 Å². The van der Waals surface area contributed by atoms with Gasteiger partial charge in [0.25, 0.3) is 0 Å². The summed E-state index contributed by atoms with van der Waals surface area (Å²) < 4.78 is 53.3. The Balaban J connectivity index is -0.000000208. The molecular formula is H4CuO11P2S.